The van der Waals surface area contributed by atoms with Gasteiger partial charge in [-0.1, -0.05) is 12.1 Å². The number of piperidine rings is 1. The van der Waals surface area contributed by atoms with Crippen molar-refractivity contribution in [3.8, 4) is 0 Å². The summed E-state index contributed by atoms with van der Waals surface area (Å²) in [5.41, 5.74) is 7.41. The number of nitrogens with two attached hydrogens (primary N) is 1. The third-order valence-electron chi connectivity index (χ3n) is 4.02. The maximum Gasteiger partial charge on any atom is 0.246 e. The molecule has 94 valence electrons. The van der Waals surface area contributed by atoms with Crippen LogP contribution in [0.3, 0.4) is 0 Å². The second kappa shape index (κ2) is 4.48. The fourth-order valence-electron chi connectivity index (χ4n) is 3.12. The Labute approximate surface area is 107 Å². The first kappa shape index (κ1) is 11.3. The number of fused-ring (bicyclic) bond motifs is 2. The minimum Gasteiger partial charge on any atom is -0.399 e. The molecular formula is C15H18N2O. The van der Waals surface area contributed by atoms with E-state index in [1.807, 2.05) is 35.2 Å². The van der Waals surface area contributed by atoms with E-state index in [2.05, 4.69) is 0 Å². The summed E-state index contributed by atoms with van der Waals surface area (Å²) in [6.07, 6.45) is 7.22. The maximum absolute atomic E-state index is 12.1. The summed E-state index contributed by atoms with van der Waals surface area (Å²) < 4.78 is 0. The molecule has 0 spiro atoms. The van der Waals surface area contributed by atoms with Gasteiger partial charge in [-0.25, -0.2) is 0 Å². The van der Waals surface area contributed by atoms with E-state index in [0.29, 0.717) is 6.04 Å². The Hall–Kier alpha value is -1.77. The molecule has 1 saturated heterocycles. The third kappa shape index (κ3) is 2.13. The number of nitrogens with zero attached hydrogens (tertiary/aromatic N) is 1. The highest BCUT2D eigenvalue weighted by Gasteiger charge is 2.39. The van der Waals surface area contributed by atoms with Gasteiger partial charge in [0.2, 0.25) is 5.91 Å². The Kier molecular flexibility index (Phi) is 2.82. The van der Waals surface area contributed by atoms with Crippen molar-refractivity contribution in [2.75, 3.05) is 12.3 Å². The van der Waals surface area contributed by atoms with Crippen LogP contribution >= 0.6 is 0 Å². The molecule has 1 amide bonds. The SMILES string of the molecule is Nc1cccc(/C=C/C(=O)N2CC3CCC2C3)c1. The quantitative estimate of drug-likeness (QED) is 0.639. The van der Waals surface area contributed by atoms with Crippen LogP contribution in [0.2, 0.25) is 0 Å². The zero-order valence-corrected chi connectivity index (χ0v) is 10.4. The van der Waals surface area contributed by atoms with Crippen molar-refractivity contribution in [3.05, 3.63) is 35.9 Å². The van der Waals surface area contributed by atoms with E-state index >= 15 is 0 Å². The molecule has 0 radical (unpaired) electrons. The number of carbonyl (C=O) groups is 1. The van der Waals surface area contributed by atoms with Gasteiger partial charge in [0.05, 0.1) is 0 Å². The summed E-state index contributed by atoms with van der Waals surface area (Å²) in [4.78, 5) is 14.1. The molecule has 3 rings (SSSR count). The third-order valence-corrected chi connectivity index (χ3v) is 4.02. The number of anilines is 1. The smallest absolute Gasteiger partial charge is 0.246 e. The van der Waals surface area contributed by atoms with Gasteiger partial charge >= 0.3 is 0 Å². The van der Waals surface area contributed by atoms with E-state index in [0.717, 1.165) is 23.7 Å². The number of nitrogen functional groups attached to an aromatic ring is 1. The molecule has 3 heteroatoms. The number of hydrogen-bond donors (Lipinski definition) is 1. The van der Waals surface area contributed by atoms with Gasteiger partial charge in [-0.2, -0.15) is 0 Å². The van der Waals surface area contributed by atoms with Gasteiger partial charge in [0.25, 0.3) is 0 Å². The summed E-state index contributed by atoms with van der Waals surface area (Å²) >= 11 is 0. The topological polar surface area (TPSA) is 46.3 Å². The predicted molar refractivity (Wildman–Crippen MR) is 72.7 cm³/mol. The van der Waals surface area contributed by atoms with Gasteiger partial charge < -0.3 is 10.6 Å². The second-order valence-corrected chi connectivity index (χ2v) is 5.33. The molecule has 2 fully saturated rings. The average Bonchev–Trinajstić information content (AvgIpc) is 2.98. The first-order valence-electron chi connectivity index (χ1n) is 6.56. The molecule has 18 heavy (non-hydrogen) atoms. The van der Waals surface area contributed by atoms with Gasteiger partial charge in [-0.05, 0) is 49.0 Å². The molecule has 1 aromatic carbocycles. The largest absolute Gasteiger partial charge is 0.399 e. The van der Waals surface area contributed by atoms with Crippen LogP contribution in [-0.4, -0.2) is 23.4 Å². The highest BCUT2D eigenvalue weighted by atomic mass is 16.2. The van der Waals surface area contributed by atoms with Crippen LogP contribution in [-0.2, 0) is 4.79 Å². The molecule has 2 bridgehead atoms. The zero-order valence-electron chi connectivity index (χ0n) is 10.4. The molecule has 3 nitrogen and oxygen atoms in total. The minimum atomic E-state index is 0.143. The van der Waals surface area contributed by atoms with Gasteiger partial charge in [-0.15, -0.1) is 0 Å². The molecule has 0 aromatic heterocycles. The summed E-state index contributed by atoms with van der Waals surface area (Å²) in [5.74, 6) is 0.893. The number of hydrogen-bond acceptors (Lipinski definition) is 2. The van der Waals surface area contributed by atoms with Crippen molar-refractivity contribution in [2.24, 2.45) is 5.92 Å². The minimum absolute atomic E-state index is 0.143. The first-order valence-corrected chi connectivity index (χ1v) is 6.56. The summed E-state index contributed by atoms with van der Waals surface area (Å²) in [5, 5.41) is 0. The molecule has 2 atom stereocenters. The normalized spacial score (nSPS) is 26.1. The zero-order chi connectivity index (χ0) is 12.5. The average molecular weight is 242 g/mol. The standard InChI is InChI=1S/C15H18N2O/c16-13-3-1-2-11(8-13)5-7-15(18)17-10-12-4-6-14(17)9-12/h1-3,5,7-8,12,14H,4,6,9-10,16H2/b7-5+. The van der Waals surface area contributed by atoms with Crippen molar-refractivity contribution >= 4 is 17.7 Å². The Morgan fingerprint density at radius 1 is 1.39 bits per heavy atom. The predicted octanol–water partition coefficient (Wildman–Crippen LogP) is 2.29. The van der Waals surface area contributed by atoms with E-state index < -0.39 is 0 Å². The summed E-state index contributed by atoms with van der Waals surface area (Å²) in [6, 6.07) is 8.07. The van der Waals surface area contributed by atoms with Gasteiger partial charge in [0.1, 0.15) is 0 Å². The number of rotatable bonds is 2. The second-order valence-electron chi connectivity index (χ2n) is 5.33. The van der Waals surface area contributed by atoms with E-state index in [4.69, 9.17) is 5.73 Å². The van der Waals surface area contributed by atoms with Crippen molar-refractivity contribution < 1.29 is 4.79 Å². The number of carbonyl (C=O) groups excluding carboxylic acids is 1. The fourth-order valence-corrected chi connectivity index (χ4v) is 3.12. The lowest BCUT2D eigenvalue weighted by atomic mass is 10.1. The van der Waals surface area contributed by atoms with Crippen LogP contribution in [0.1, 0.15) is 24.8 Å². The Morgan fingerprint density at radius 3 is 2.94 bits per heavy atom. The van der Waals surface area contributed by atoms with Gasteiger partial charge in [0.15, 0.2) is 0 Å². The molecule has 1 aliphatic heterocycles. The molecular weight excluding hydrogens is 224 g/mol. The highest BCUT2D eigenvalue weighted by molar-refractivity contribution is 5.92. The molecule has 1 heterocycles. The highest BCUT2D eigenvalue weighted by Crippen LogP contribution is 2.37. The van der Waals surface area contributed by atoms with Crippen molar-refractivity contribution in [1.29, 1.82) is 0 Å². The number of amides is 1. The van der Waals surface area contributed by atoms with Crippen molar-refractivity contribution in [2.45, 2.75) is 25.3 Å². The Balaban J connectivity index is 1.67. The molecule has 1 saturated carbocycles. The van der Waals surface area contributed by atoms with E-state index in [1.54, 1.807) is 6.08 Å². The lowest BCUT2D eigenvalue weighted by molar-refractivity contribution is -0.127. The Bertz CT molecular complexity index is 495. The molecule has 1 aliphatic carbocycles. The number of benzene rings is 1. The van der Waals surface area contributed by atoms with E-state index in [9.17, 15) is 4.79 Å². The Morgan fingerprint density at radius 2 is 2.28 bits per heavy atom. The van der Waals surface area contributed by atoms with Crippen molar-refractivity contribution in [3.63, 3.8) is 0 Å². The number of likely N-dealkylation sites (tertiary alicyclic amines) is 1. The van der Waals surface area contributed by atoms with Crippen LogP contribution in [0.5, 0.6) is 0 Å². The van der Waals surface area contributed by atoms with Crippen LogP contribution in [0.25, 0.3) is 6.08 Å². The van der Waals surface area contributed by atoms with Crippen LogP contribution in [0, 0.1) is 5.92 Å². The van der Waals surface area contributed by atoms with Crippen molar-refractivity contribution in [1.82, 2.24) is 4.90 Å². The first-order chi connectivity index (χ1) is 8.72. The lowest BCUT2D eigenvalue weighted by Crippen LogP contribution is -2.36. The lowest BCUT2D eigenvalue weighted by Gasteiger charge is -2.25. The fraction of sp³-hybridized carbons (Fsp3) is 0.400. The molecule has 2 unspecified atom stereocenters. The molecule has 1 aromatic rings. The maximum atomic E-state index is 12.1. The summed E-state index contributed by atoms with van der Waals surface area (Å²) in [7, 11) is 0. The van der Waals surface area contributed by atoms with Crippen LogP contribution < -0.4 is 5.73 Å². The summed E-state index contributed by atoms with van der Waals surface area (Å²) in [6.45, 7) is 0.949. The van der Waals surface area contributed by atoms with E-state index in [-0.39, 0.29) is 5.91 Å². The molecule has 2 N–H and O–H groups in total. The monoisotopic (exact) mass is 242 g/mol. The van der Waals surface area contributed by atoms with Gasteiger partial charge in [-0.3, -0.25) is 4.79 Å². The molecule has 2 aliphatic rings. The van der Waals surface area contributed by atoms with Crippen LogP contribution in [0.4, 0.5) is 5.69 Å². The van der Waals surface area contributed by atoms with Gasteiger partial charge in [0, 0.05) is 24.4 Å². The van der Waals surface area contributed by atoms with Crippen LogP contribution in [0.15, 0.2) is 30.3 Å². The van der Waals surface area contributed by atoms with E-state index in [1.165, 1.54) is 19.3 Å².